The minimum Gasteiger partial charge on any atom is -0.440 e. The predicted octanol–water partition coefficient (Wildman–Crippen LogP) is 1.71. The molecule has 0 saturated carbocycles. The van der Waals surface area contributed by atoms with E-state index in [0.717, 1.165) is 11.8 Å². The van der Waals surface area contributed by atoms with Crippen LogP contribution in [0.25, 0.3) is 0 Å². The Labute approximate surface area is 93.8 Å². The molecular weight excluding hydrogens is 232 g/mol. The number of hydrogen-bond donors (Lipinski definition) is 1. The van der Waals surface area contributed by atoms with Crippen LogP contribution in [0.2, 0.25) is 0 Å². The van der Waals surface area contributed by atoms with Gasteiger partial charge in [-0.05, 0) is 17.8 Å². The first kappa shape index (κ1) is 10.4. The Morgan fingerprint density at radius 3 is 2.94 bits per heavy atom. The van der Waals surface area contributed by atoms with Gasteiger partial charge in [0.2, 0.25) is 0 Å². The number of nitrogens with two attached hydrogens (primary N) is 1. The molecule has 0 aliphatic carbocycles. The minimum absolute atomic E-state index is 0.127. The van der Waals surface area contributed by atoms with Gasteiger partial charge in [-0.1, -0.05) is 0 Å². The van der Waals surface area contributed by atoms with Gasteiger partial charge in [-0.2, -0.15) is 0 Å². The zero-order chi connectivity index (χ0) is 11.5. The van der Waals surface area contributed by atoms with Gasteiger partial charge in [0.05, 0.1) is 11.1 Å². The smallest absolute Gasteiger partial charge is 0.302 e. The van der Waals surface area contributed by atoms with Gasteiger partial charge in [0, 0.05) is 6.07 Å². The van der Waals surface area contributed by atoms with Crippen LogP contribution in [0.5, 0.6) is 0 Å². The molecule has 2 heterocycles. The molecule has 2 aromatic rings. The van der Waals surface area contributed by atoms with Crippen molar-refractivity contribution in [1.29, 1.82) is 0 Å². The molecular formula is C8H6N4O3S. The summed E-state index contributed by atoms with van der Waals surface area (Å²) in [5.41, 5.74) is 5.33. The molecule has 16 heavy (non-hydrogen) atoms. The Morgan fingerprint density at radius 1 is 1.50 bits per heavy atom. The molecule has 0 spiro atoms. The number of nitrogens with zero attached hydrogens (tertiary/aromatic N) is 3. The van der Waals surface area contributed by atoms with Gasteiger partial charge in [0.15, 0.2) is 5.03 Å². The molecule has 0 bridgehead atoms. The molecule has 0 amide bonds. The highest BCUT2D eigenvalue weighted by atomic mass is 32.2. The second-order valence-electron chi connectivity index (χ2n) is 2.72. The zero-order valence-corrected chi connectivity index (χ0v) is 8.68. The Hall–Kier alpha value is -2.09. The van der Waals surface area contributed by atoms with Crippen LogP contribution in [-0.4, -0.2) is 14.9 Å². The minimum atomic E-state index is -0.530. The first-order chi connectivity index (χ1) is 7.66. The molecule has 2 rings (SSSR count). The highest BCUT2D eigenvalue weighted by Gasteiger charge is 2.18. The summed E-state index contributed by atoms with van der Waals surface area (Å²) in [6.07, 6.45) is 2.82. The van der Waals surface area contributed by atoms with Crippen molar-refractivity contribution in [3.63, 3.8) is 0 Å². The lowest BCUT2D eigenvalue weighted by molar-refractivity contribution is -0.388. The van der Waals surface area contributed by atoms with E-state index in [2.05, 4.69) is 9.97 Å². The van der Waals surface area contributed by atoms with E-state index < -0.39 is 4.92 Å². The summed E-state index contributed by atoms with van der Waals surface area (Å²) in [6.45, 7) is 0. The molecule has 2 N–H and O–H groups in total. The van der Waals surface area contributed by atoms with Gasteiger partial charge < -0.3 is 10.2 Å². The highest BCUT2D eigenvalue weighted by molar-refractivity contribution is 7.99. The SMILES string of the molecule is Nc1ccc([N+](=O)[O-])c(Sc2ncco2)n1. The second-order valence-corrected chi connectivity index (χ2v) is 3.66. The number of hydrogen-bond acceptors (Lipinski definition) is 7. The number of oxazole rings is 1. The van der Waals surface area contributed by atoms with Gasteiger partial charge in [-0.3, -0.25) is 10.1 Å². The maximum atomic E-state index is 10.7. The van der Waals surface area contributed by atoms with Crippen LogP contribution in [-0.2, 0) is 0 Å². The summed E-state index contributed by atoms with van der Waals surface area (Å²) >= 11 is 0.953. The van der Waals surface area contributed by atoms with E-state index in [1.807, 2.05) is 0 Å². The molecule has 0 unspecified atom stereocenters. The zero-order valence-electron chi connectivity index (χ0n) is 7.86. The molecule has 0 aromatic carbocycles. The average molecular weight is 238 g/mol. The van der Waals surface area contributed by atoms with Crippen LogP contribution < -0.4 is 5.73 Å². The molecule has 0 radical (unpaired) electrons. The van der Waals surface area contributed by atoms with Crippen molar-refractivity contribution in [2.45, 2.75) is 10.2 Å². The number of nitro groups is 1. The maximum Gasteiger partial charge on any atom is 0.302 e. The fourth-order valence-electron chi connectivity index (χ4n) is 1.00. The number of rotatable bonds is 3. The van der Waals surface area contributed by atoms with Gasteiger partial charge in [0.25, 0.3) is 5.22 Å². The lowest BCUT2D eigenvalue weighted by atomic mass is 10.4. The van der Waals surface area contributed by atoms with Gasteiger partial charge in [-0.25, -0.2) is 9.97 Å². The Morgan fingerprint density at radius 2 is 2.31 bits per heavy atom. The molecule has 0 aliphatic rings. The molecule has 0 saturated heterocycles. The van der Waals surface area contributed by atoms with E-state index in [9.17, 15) is 10.1 Å². The largest absolute Gasteiger partial charge is 0.440 e. The first-order valence-corrected chi connectivity index (χ1v) is 4.97. The molecule has 7 nitrogen and oxygen atoms in total. The summed E-state index contributed by atoms with van der Waals surface area (Å²) in [5.74, 6) is 0.208. The fourth-order valence-corrected chi connectivity index (χ4v) is 1.79. The van der Waals surface area contributed by atoms with Crippen molar-refractivity contribution in [1.82, 2.24) is 9.97 Å². The topological polar surface area (TPSA) is 108 Å². The average Bonchev–Trinajstić information content (AvgIpc) is 2.70. The van der Waals surface area contributed by atoms with Crippen LogP contribution in [0.1, 0.15) is 0 Å². The van der Waals surface area contributed by atoms with Crippen molar-refractivity contribution in [3.8, 4) is 0 Å². The molecule has 8 heteroatoms. The summed E-state index contributed by atoms with van der Waals surface area (Å²) in [6, 6.07) is 2.67. The summed E-state index contributed by atoms with van der Waals surface area (Å²) in [5, 5.41) is 11.2. The molecule has 0 fully saturated rings. The monoisotopic (exact) mass is 238 g/mol. The third-order valence-corrected chi connectivity index (χ3v) is 2.52. The van der Waals surface area contributed by atoms with E-state index in [-0.39, 0.29) is 21.8 Å². The molecule has 0 atom stereocenters. The van der Waals surface area contributed by atoms with Crippen molar-refractivity contribution in [3.05, 3.63) is 34.7 Å². The van der Waals surface area contributed by atoms with Gasteiger partial charge in [0.1, 0.15) is 12.1 Å². The first-order valence-electron chi connectivity index (χ1n) is 4.15. The lowest BCUT2D eigenvalue weighted by Crippen LogP contribution is -1.97. The lowest BCUT2D eigenvalue weighted by Gasteiger charge is -1.99. The molecule has 0 aliphatic heterocycles. The quantitative estimate of drug-likeness (QED) is 0.640. The van der Waals surface area contributed by atoms with Crippen LogP contribution >= 0.6 is 11.8 Å². The number of aromatic nitrogens is 2. The summed E-state index contributed by atoms with van der Waals surface area (Å²) < 4.78 is 4.96. The standard InChI is InChI=1S/C8H6N4O3S/c9-6-2-1-5(12(13)14)7(11-6)16-8-10-3-4-15-8/h1-4H,(H2,9,11). The van der Waals surface area contributed by atoms with Crippen molar-refractivity contribution >= 4 is 23.3 Å². The summed E-state index contributed by atoms with van der Waals surface area (Å²) in [4.78, 5) is 17.9. The molecule has 2 aromatic heterocycles. The van der Waals surface area contributed by atoms with E-state index in [4.69, 9.17) is 10.2 Å². The van der Waals surface area contributed by atoms with E-state index in [1.54, 1.807) is 0 Å². The van der Waals surface area contributed by atoms with Crippen LogP contribution in [0.3, 0.4) is 0 Å². The van der Waals surface area contributed by atoms with Crippen molar-refractivity contribution in [2.24, 2.45) is 0 Å². The molecule has 82 valence electrons. The Bertz CT molecular complexity index is 514. The van der Waals surface area contributed by atoms with Crippen LogP contribution in [0, 0.1) is 10.1 Å². The van der Waals surface area contributed by atoms with E-state index in [1.165, 1.54) is 24.6 Å². The van der Waals surface area contributed by atoms with Crippen molar-refractivity contribution in [2.75, 3.05) is 5.73 Å². The van der Waals surface area contributed by atoms with Crippen LogP contribution in [0.15, 0.2) is 39.3 Å². The fraction of sp³-hybridized carbons (Fsp3) is 0. The predicted molar refractivity (Wildman–Crippen MR) is 55.9 cm³/mol. The summed E-state index contributed by atoms with van der Waals surface area (Å²) in [7, 11) is 0. The van der Waals surface area contributed by atoms with Crippen molar-refractivity contribution < 1.29 is 9.34 Å². The Balaban J connectivity index is 2.38. The number of nitrogen functional groups attached to an aromatic ring is 1. The normalized spacial score (nSPS) is 10.2. The maximum absolute atomic E-state index is 10.7. The van der Waals surface area contributed by atoms with Gasteiger partial charge >= 0.3 is 5.69 Å². The number of pyridine rings is 1. The third kappa shape index (κ3) is 2.11. The number of anilines is 1. The van der Waals surface area contributed by atoms with Crippen LogP contribution in [0.4, 0.5) is 11.5 Å². The van der Waals surface area contributed by atoms with Gasteiger partial charge in [-0.15, -0.1) is 0 Å². The second kappa shape index (κ2) is 4.19. The Kier molecular flexibility index (Phi) is 2.73. The third-order valence-electron chi connectivity index (χ3n) is 1.65. The van der Waals surface area contributed by atoms with E-state index >= 15 is 0 Å². The van der Waals surface area contributed by atoms with E-state index in [0.29, 0.717) is 0 Å². The highest BCUT2D eigenvalue weighted by Crippen LogP contribution is 2.32.